The predicted octanol–water partition coefficient (Wildman–Crippen LogP) is 4.91. The smallest absolute Gasteiger partial charge is 0.490 e. The maximum absolute atomic E-state index is 12.8. The van der Waals surface area contributed by atoms with Gasteiger partial charge in [-0.1, -0.05) is 13.8 Å². The Hall–Kier alpha value is -4.17. The van der Waals surface area contributed by atoms with E-state index >= 15 is 0 Å². The Morgan fingerprint density at radius 2 is 1.74 bits per heavy atom. The number of nitrogens with zero attached hydrogens (tertiary/aromatic N) is 2. The van der Waals surface area contributed by atoms with E-state index in [9.17, 15) is 22.8 Å². The summed E-state index contributed by atoms with van der Waals surface area (Å²) in [6, 6.07) is 12.1. The molecule has 0 bridgehead atoms. The van der Waals surface area contributed by atoms with Crippen molar-refractivity contribution in [2.75, 3.05) is 36.9 Å². The number of nitrogens with two attached hydrogens (primary N) is 1. The van der Waals surface area contributed by atoms with E-state index < -0.39 is 18.2 Å². The Kier molecular flexibility index (Phi) is 11.7. The fourth-order valence-corrected chi connectivity index (χ4v) is 4.15. The molecule has 210 valence electrons. The van der Waals surface area contributed by atoms with Crippen molar-refractivity contribution in [3.05, 3.63) is 60.4 Å². The first-order chi connectivity index (χ1) is 18.4. The molecule has 3 amide bonds. The van der Waals surface area contributed by atoms with E-state index in [4.69, 9.17) is 20.4 Å². The second-order valence-electron chi connectivity index (χ2n) is 7.74. The monoisotopic (exact) mass is 567 g/mol. The molecule has 0 aliphatic rings. The zero-order chi connectivity index (χ0) is 29.0. The summed E-state index contributed by atoms with van der Waals surface area (Å²) in [6.45, 7) is 7.74. The normalized spacial score (nSPS) is 10.8. The third kappa shape index (κ3) is 10.2. The molecule has 0 saturated carbocycles. The number of halogens is 3. The number of rotatable bonds is 10. The molecular weight excluding hydrogens is 539 g/mol. The van der Waals surface area contributed by atoms with Gasteiger partial charge in [0.15, 0.2) is 0 Å². The number of carboxylic acids is 1. The number of benzene rings is 1. The molecule has 3 rings (SSSR count). The second kappa shape index (κ2) is 14.7. The Bertz CT molecular complexity index is 1230. The number of ether oxygens (including phenoxy) is 1. The highest BCUT2D eigenvalue weighted by Gasteiger charge is 2.38. The predicted molar refractivity (Wildman–Crippen MR) is 142 cm³/mol. The van der Waals surface area contributed by atoms with Crippen LogP contribution >= 0.6 is 11.3 Å². The summed E-state index contributed by atoms with van der Waals surface area (Å²) in [4.78, 5) is 40.2. The van der Waals surface area contributed by atoms with Crippen molar-refractivity contribution in [1.82, 2.24) is 9.88 Å². The number of aliphatic carboxylic acids is 1. The minimum atomic E-state index is -5.08. The van der Waals surface area contributed by atoms with Gasteiger partial charge in [0.1, 0.15) is 17.4 Å². The molecule has 2 heterocycles. The average Bonchev–Trinajstić information content (AvgIpc) is 3.30. The number of nitrogens with one attached hydrogen (secondary N) is 2. The molecule has 0 aliphatic carbocycles. The van der Waals surface area contributed by atoms with E-state index in [1.54, 1.807) is 30.6 Å². The van der Waals surface area contributed by atoms with Gasteiger partial charge in [-0.25, -0.2) is 9.59 Å². The first kappa shape index (κ1) is 31.1. The highest BCUT2D eigenvalue weighted by Crippen LogP contribution is 2.36. The zero-order valence-corrected chi connectivity index (χ0v) is 21.9. The third-order valence-electron chi connectivity index (χ3n) is 5.08. The number of carbonyl (C=O) groups is 3. The number of pyridine rings is 1. The highest BCUT2D eigenvalue weighted by molar-refractivity contribution is 7.20. The molecule has 10 nitrogen and oxygen atoms in total. The number of likely N-dealkylation sites (N-methyl/N-ethyl adjacent to an activating group) is 1. The van der Waals surface area contributed by atoms with Gasteiger partial charge in [0.2, 0.25) is 0 Å². The maximum atomic E-state index is 12.8. The number of alkyl halides is 3. The summed E-state index contributed by atoms with van der Waals surface area (Å²) in [5, 5.41) is 12.8. The molecular formula is C25H28F3N5O5S. The first-order valence-electron chi connectivity index (χ1n) is 11.6. The van der Waals surface area contributed by atoms with E-state index in [0.717, 1.165) is 35.8 Å². The molecule has 3 aromatic rings. The summed E-state index contributed by atoms with van der Waals surface area (Å²) in [7, 11) is 0. The molecule has 1 aromatic carbocycles. The molecule has 0 unspecified atom stereocenters. The number of anilines is 2. The number of primary amides is 1. The fourth-order valence-electron chi connectivity index (χ4n) is 3.09. The summed E-state index contributed by atoms with van der Waals surface area (Å²) >= 11 is 1.28. The van der Waals surface area contributed by atoms with Crippen LogP contribution in [-0.2, 0) is 4.79 Å². The minimum absolute atomic E-state index is 0.326. The van der Waals surface area contributed by atoms with Crippen LogP contribution in [-0.4, -0.2) is 65.3 Å². The Morgan fingerprint density at radius 3 is 2.26 bits per heavy atom. The van der Waals surface area contributed by atoms with Gasteiger partial charge in [-0.3, -0.25) is 15.1 Å². The maximum Gasteiger partial charge on any atom is 0.490 e. The van der Waals surface area contributed by atoms with Gasteiger partial charge in [-0.2, -0.15) is 13.2 Å². The van der Waals surface area contributed by atoms with Crippen molar-refractivity contribution >= 4 is 39.9 Å². The number of hydrogen-bond acceptors (Lipinski definition) is 7. The third-order valence-corrected chi connectivity index (χ3v) is 6.18. The van der Waals surface area contributed by atoms with Gasteiger partial charge >= 0.3 is 18.2 Å². The van der Waals surface area contributed by atoms with E-state index in [0.29, 0.717) is 22.9 Å². The van der Waals surface area contributed by atoms with Crippen LogP contribution < -0.4 is 21.1 Å². The minimum Gasteiger partial charge on any atom is -0.492 e. The van der Waals surface area contributed by atoms with Gasteiger partial charge < -0.3 is 25.8 Å². The van der Waals surface area contributed by atoms with Crippen LogP contribution in [0, 0.1) is 0 Å². The van der Waals surface area contributed by atoms with E-state index in [2.05, 4.69) is 34.4 Å². The number of hydrogen-bond donors (Lipinski definition) is 4. The highest BCUT2D eigenvalue weighted by atomic mass is 32.1. The molecule has 5 N–H and O–H groups in total. The van der Waals surface area contributed by atoms with E-state index in [1.165, 1.54) is 11.3 Å². The lowest BCUT2D eigenvalue weighted by molar-refractivity contribution is -0.192. The van der Waals surface area contributed by atoms with Crippen LogP contribution in [0.25, 0.3) is 10.4 Å². The molecule has 0 saturated heterocycles. The number of urea groups is 1. The van der Waals surface area contributed by atoms with Crippen LogP contribution in [0.2, 0.25) is 0 Å². The lowest BCUT2D eigenvalue weighted by Crippen LogP contribution is -2.27. The molecule has 2 aromatic heterocycles. The fraction of sp³-hybridized carbons (Fsp3) is 0.280. The van der Waals surface area contributed by atoms with Crippen molar-refractivity contribution in [3.8, 4) is 16.2 Å². The van der Waals surface area contributed by atoms with Gasteiger partial charge in [0, 0.05) is 17.6 Å². The summed E-state index contributed by atoms with van der Waals surface area (Å²) < 4.78 is 37.6. The van der Waals surface area contributed by atoms with Crippen LogP contribution in [0.4, 0.5) is 28.7 Å². The standard InChI is InChI=1S/C23H27N5O3S.C2HF3O2/c1-3-28(4-2)12-13-31-18-9-7-16(8-10-18)20-14-19(22(32-20)27-23(24)30)21(29)26-17-6-5-11-25-15-17;3-2(4,5)1(6)7/h5-11,14-15H,3-4,12-13H2,1-2H3,(H,26,29)(H3,24,27,30);(H,6,7). The summed E-state index contributed by atoms with van der Waals surface area (Å²) in [6.07, 6.45) is -1.92. The molecule has 0 spiro atoms. The quantitative estimate of drug-likeness (QED) is 0.272. The second-order valence-corrected chi connectivity index (χ2v) is 8.79. The van der Waals surface area contributed by atoms with Crippen LogP contribution in [0.15, 0.2) is 54.9 Å². The van der Waals surface area contributed by atoms with Gasteiger partial charge in [0.05, 0.1) is 17.4 Å². The molecule has 0 fully saturated rings. The Balaban J connectivity index is 0.000000673. The number of amides is 3. The van der Waals surface area contributed by atoms with Gasteiger partial charge in [0.25, 0.3) is 5.91 Å². The van der Waals surface area contributed by atoms with Gasteiger partial charge in [-0.15, -0.1) is 11.3 Å². The molecule has 0 radical (unpaired) electrons. The zero-order valence-electron chi connectivity index (χ0n) is 21.1. The average molecular weight is 568 g/mol. The van der Waals surface area contributed by atoms with E-state index in [1.807, 2.05) is 24.3 Å². The lowest BCUT2D eigenvalue weighted by Gasteiger charge is -2.18. The lowest BCUT2D eigenvalue weighted by atomic mass is 10.1. The summed E-state index contributed by atoms with van der Waals surface area (Å²) in [5.41, 5.74) is 7.08. The van der Waals surface area contributed by atoms with E-state index in [-0.39, 0.29) is 5.91 Å². The molecule has 0 atom stereocenters. The SMILES string of the molecule is CCN(CC)CCOc1ccc(-c2cc(C(=O)Nc3cccnc3)c(NC(N)=O)s2)cc1.O=C(O)C(F)(F)F. The summed E-state index contributed by atoms with van der Waals surface area (Å²) in [5.74, 6) is -2.34. The molecule has 39 heavy (non-hydrogen) atoms. The van der Waals surface area contributed by atoms with Crippen molar-refractivity contribution in [2.24, 2.45) is 5.73 Å². The van der Waals surface area contributed by atoms with Crippen molar-refractivity contribution in [1.29, 1.82) is 0 Å². The van der Waals surface area contributed by atoms with Crippen LogP contribution in [0.1, 0.15) is 24.2 Å². The number of thiophene rings is 1. The largest absolute Gasteiger partial charge is 0.492 e. The van der Waals surface area contributed by atoms with Gasteiger partial charge in [-0.05, 0) is 61.1 Å². The molecule has 0 aliphatic heterocycles. The first-order valence-corrected chi connectivity index (χ1v) is 12.4. The topological polar surface area (TPSA) is 147 Å². The van der Waals surface area contributed by atoms with Crippen molar-refractivity contribution < 1.29 is 37.4 Å². The van der Waals surface area contributed by atoms with Crippen LogP contribution in [0.5, 0.6) is 5.75 Å². The Labute approximate surface area is 226 Å². The Morgan fingerprint density at radius 1 is 1.10 bits per heavy atom. The van der Waals surface area contributed by atoms with Crippen LogP contribution in [0.3, 0.4) is 0 Å². The van der Waals surface area contributed by atoms with Crippen molar-refractivity contribution in [2.45, 2.75) is 20.0 Å². The number of aromatic nitrogens is 1. The number of carboxylic acid groups (broad SMARTS) is 1. The molecule has 14 heteroatoms. The van der Waals surface area contributed by atoms with Crippen molar-refractivity contribution in [3.63, 3.8) is 0 Å². The number of carbonyl (C=O) groups excluding carboxylic acids is 2.